The van der Waals surface area contributed by atoms with Gasteiger partial charge < -0.3 is 15.7 Å². The minimum Gasteiger partial charge on any atom is -0.393 e. The molecule has 5 heteroatoms. The highest BCUT2D eigenvalue weighted by molar-refractivity contribution is 7.80. The van der Waals surface area contributed by atoms with Crippen LogP contribution in [0.15, 0.2) is 6.07 Å². The first-order valence-corrected chi connectivity index (χ1v) is 7.62. The minimum atomic E-state index is -0.178. The first kappa shape index (κ1) is 13.8. The SMILES string of the molecule is Cc1cc(C)c(C(N)=S)c(N2C3CCC2CC(O)C3)n1. The second-order valence-electron chi connectivity index (χ2n) is 6.06. The monoisotopic (exact) mass is 291 g/mol. The number of nitrogens with two attached hydrogens (primary N) is 1. The summed E-state index contributed by atoms with van der Waals surface area (Å²) in [4.78, 5) is 7.50. The molecule has 0 aromatic carbocycles. The molecule has 1 aromatic heterocycles. The smallest absolute Gasteiger partial charge is 0.139 e. The number of aromatic nitrogens is 1. The van der Waals surface area contributed by atoms with Gasteiger partial charge in [0.2, 0.25) is 0 Å². The Morgan fingerprint density at radius 3 is 2.50 bits per heavy atom. The number of aliphatic hydroxyl groups excluding tert-OH is 1. The number of anilines is 1. The van der Waals surface area contributed by atoms with Crippen LogP contribution in [0.1, 0.15) is 42.5 Å². The molecule has 0 saturated carbocycles. The summed E-state index contributed by atoms with van der Waals surface area (Å²) in [6.45, 7) is 4.04. The normalized spacial score (nSPS) is 28.8. The van der Waals surface area contributed by atoms with E-state index in [2.05, 4.69) is 4.90 Å². The molecular formula is C15H21N3OS. The Bertz CT molecular complexity index is 546. The van der Waals surface area contributed by atoms with E-state index >= 15 is 0 Å². The quantitative estimate of drug-likeness (QED) is 0.814. The number of hydrogen-bond acceptors (Lipinski definition) is 4. The molecule has 2 aliphatic heterocycles. The summed E-state index contributed by atoms with van der Waals surface area (Å²) >= 11 is 5.23. The number of aryl methyl sites for hydroxylation is 2. The molecule has 20 heavy (non-hydrogen) atoms. The maximum Gasteiger partial charge on any atom is 0.139 e. The highest BCUT2D eigenvalue weighted by atomic mass is 32.1. The molecule has 2 aliphatic rings. The van der Waals surface area contributed by atoms with Gasteiger partial charge in [-0.05, 0) is 51.2 Å². The molecule has 3 rings (SSSR count). The van der Waals surface area contributed by atoms with Crippen LogP contribution >= 0.6 is 12.2 Å². The minimum absolute atomic E-state index is 0.178. The summed E-state index contributed by atoms with van der Waals surface area (Å²) in [6, 6.07) is 2.76. The summed E-state index contributed by atoms with van der Waals surface area (Å²) in [5, 5.41) is 9.94. The van der Waals surface area contributed by atoms with E-state index in [-0.39, 0.29) is 6.10 Å². The van der Waals surface area contributed by atoms with E-state index < -0.39 is 0 Å². The molecule has 2 saturated heterocycles. The molecule has 4 nitrogen and oxygen atoms in total. The lowest BCUT2D eigenvalue weighted by Crippen LogP contribution is -2.46. The van der Waals surface area contributed by atoms with Crippen LogP contribution in [0.4, 0.5) is 5.82 Å². The maximum absolute atomic E-state index is 9.94. The molecule has 2 bridgehead atoms. The molecule has 2 atom stereocenters. The molecule has 1 aromatic rings. The topological polar surface area (TPSA) is 62.4 Å². The van der Waals surface area contributed by atoms with Crippen molar-refractivity contribution in [3.63, 3.8) is 0 Å². The van der Waals surface area contributed by atoms with Crippen molar-refractivity contribution in [1.29, 1.82) is 0 Å². The van der Waals surface area contributed by atoms with Gasteiger partial charge in [0.25, 0.3) is 0 Å². The third kappa shape index (κ3) is 2.19. The van der Waals surface area contributed by atoms with Crippen LogP contribution in [0.5, 0.6) is 0 Å². The number of aliphatic hydroxyl groups is 1. The first-order chi connectivity index (χ1) is 9.47. The first-order valence-electron chi connectivity index (χ1n) is 7.22. The van der Waals surface area contributed by atoms with Crippen LogP contribution in [0, 0.1) is 13.8 Å². The Hall–Kier alpha value is -1.20. The number of rotatable bonds is 2. The molecule has 0 aliphatic carbocycles. The Morgan fingerprint density at radius 2 is 1.95 bits per heavy atom. The van der Waals surface area contributed by atoms with Crippen molar-refractivity contribution in [2.24, 2.45) is 5.73 Å². The van der Waals surface area contributed by atoms with Gasteiger partial charge in [0.05, 0.1) is 11.7 Å². The van der Waals surface area contributed by atoms with Gasteiger partial charge in [-0.1, -0.05) is 12.2 Å². The highest BCUT2D eigenvalue weighted by Gasteiger charge is 2.42. The zero-order valence-electron chi connectivity index (χ0n) is 12.0. The zero-order chi connectivity index (χ0) is 14.4. The van der Waals surface area contributed by atoms with Gasteiger partial charge >= 0.3 is 0 Å². The molecule has 3 N–H and O–H groups in total. The van der Waals surface area contributed by atoms with Crippen molar-refractivity contribution in [1.82, 2.24) is 4.98 Å². The summed E-state index contributed by atoms with van der Waals surface area (Å²) in [5.41, 5.74) is 8.91. The van der Waals surface area contributed by atoms with E-state index in [4.69, 9.17) is 22.9 Å². The average molecular weight is 291 g/mol. The largest absolute Gasteiger partial charge is 0.393 e. The molecule has 108 valence electrons. The number of hydrogen-bond donors (Lipinski definition) is 2. The lowest BCUT2D eigenvalue weighted by Gasteiger charge is -2.39. The lowest BCUT2D eigenvalue weighted by atomic mass is 9.98. The molecule has 0 amide bonds. The summed E-state index contributed by atoms with van der Waals surface area (Å²) < 4.78 is 0. The molecule has 2 unspecified atom stereocenters. The third-order valence-corrected chi connectivity index (χ3v) is 4.73. The standard InChI is InChI=1S/C15H21N3OS/c1-8-5-9(2)17-15(13(8)14(16)20)18-10-3-4-11(18)7-12(19)6-10/h5,10-12,19H,3-4,6-7H2,1-2H3,(H2,16,20). The zero-order valence-corrected chi connectivity index (χ0v) is 12.8. The van der Waals surface area contributed by atoms with Gasteiger partial charge in [-0.15, -0.1) is 0 Å². The average Bonchev–Trinajstić information content (AvgIpc) is 2.60. The van der Waals surface area contributed by atoms with E-state index in [1.165, 1.54) is 0 Å². The predicted octanol–water partition coefficient (Wildman–Crippen LogP) is 1.82. The second kappa shape index (κ2) is 4.97. The van der Waals surface area contributed by atoms with Crippen LogP contribution in [0.3, 0.4) is 0 Å². The highest BCUT2D eigenvalue weighted by Crippen LogP contribution is 2.40. The Morgan fingerprint density at radius 1 is 1.35 bits per heavy atom. The van der Waals surface area contributed by atoms with E-state index in [0.29, 0.717) is 17.1 Å². The summed E-state index contributed by atoms with van der Waals surface area (Å²) in [7, 11) is 0. The van der Waals surface area contributed by atoms with Crippen molar-refractivity contribution in [3.05, 3.63) is 22.9 Å². The van der Waals surface area contributed by atoms with Crippen molar-refractivity contribution in [2.45, 2.75) is 57.7 Å². The van der Waals surface area contributed by atoms with Crippen molar-refractivity contribution < 1.29 is 5.11 Å². The van der Waals surface area contributed by atoms with E-state index in [9.17, 15) is 5.11 Å². The van der Waals surface area contributed by atoms with Crippen LogP contribution in [-0.2, 0) is 0 Å². The van der Waals surface area contributed by atoms with E-state index in [0.717, 1.165) is 48.3 Å². The Labute approximate surface area is 125 Å². The third-order valence-electron chi connectivity index (χ3n) is 4.52. The predicted molar refractivity (Wildman–Crippen MR) is 84.1 cm³/mol. The fourth-order valence-electron chi connectivity index (χ4n) is 3.80. The van der Waals surface area contributed by atoms with Gasteiger partial charge in [-0.2, -0.15) is 0 Å². The fourth-order valence-corrected chi connectivity index (χ4v) is 4.05. The van der Waals surface area contributed by atoms with Gasteiger partial charge in [0.15, 0.2) is 0 Å². The van der Waals surface area contributed by atoms with Crippen molar-refractivity contribution in [2.75, 3.05) is 4.90 Å². The molecular weight excluding hydrogens is 270 g/mol. The van der Waals surface area contributed by atoms with E-state index in [1.807, 2.05) is 19.9 Å². The van der Waals surface area contributed by atoms with Gasteiger partial charge in [-0.3, -0.25) is 0 Å². The molecule has 0 spiro atoms. The lowest BCUT2D eigenvalue weighted by molar-refractivity contribution is 0.126. The number of piperidine rings is 1. The number of thiocarbonyl (C=S) groups is 1. The van der Waals surface area contributed by atoms with Crippen LogP contribution < -0.4 is 10.6 Å². The van der Waals surface area contributed by atoms with Gasteiger partial charge in [0.1, 0.15) is 10.8 Å². The van der Waals surface area contributed by atoms with Crippen molar-refractivity contribution in [3.8, 4) is 0 Å². The molecule has 0 radical (unpaired) electrons. The Balaban J connectivity index is 2.08. The van der Waals surface area contributed by atoms with Crippen molar-refractivity contribution >= 4 is 23.0 Å². The summed E-state index contributed by atoms with van der Waals surface area (Å²) in [6.07, 6.45) is 3.70. The Kier molecular flexibility index (Phi) is 3.42. The fraction of sp³-hybridized carbons (Fsp3) is 0.600. The summed E-state index contributed by atoms with van der Waals surface area (Å²) in [5.74, 6) is 0.925. The van der Waals surface area contributed by atoms with Crippen LogP contribution in [0.2, 0.25) is 0 Å². The molecule has 2 fully saturated rings. The molecule has 3 heterocycles. The second-order valence-corrected chi connectivity index (χ2v) is 6.50. The van der Waals surface area contributed by atoms with Gasteiger partial charge in [-0.25, -0.2) is 4.98 Å². The van der Waals surface area contributed by atoms with Crippen LogP contribution in [0.25, 0.3) is 0 Å². The number of fused-ring (bicyclic) bond motifs is 2. The van der Waals surface area contributed by atoms with E-state index in [1.54, 1.807) is 0 Å². The number of nitrogens with zero attached hydrogens (tertiary/aromatic N) is 2. The van der Waals surface area contributed by atoms with Gasteiger partial charge in [0, 0.05) is 17.8 Å². The van der Waals surface area contributed by atoms with Crippen LogP contribution in [-0.4, -0.2) is 33.3 Å². The maximum atomic E-state index is 9.94. The number of pyridine rings is 1.